The lowest BCUT2D eigenvalue weighted by Crippen LogP contribution is -2.33. The molecule has 1 saturated heterocycles. The van der Waals surface area contributed by atoms with Gasteiger partial charge in [0.05, 0.1) is 6.33 Å². The Kier molecular flexibility index (Phi) is 1.93. The lowest BCUT2D eigenvalue weighted by Gasteiger charge is -2.27. The highest BCUT2D eigenvalue weighted by Crippen LogP contribution is 2.69. The Balaban J connectivity index is 1.66. The van der Waals surface area contributed by atoms with Gasteiger partial charge in [-0.25, -0.2) is 13.8 Å². The van der Waals surface area contributed by atoms with Gasteiger partial charge in [-0.1, -0.05) is 6.92 Å². The molecule has 2 atom stereocenters. The molecular formula is C11H15F2N3. The predicted molar refractivity (Wildman–Crippen MR) is 55.0 cm³/mol. The van der Waals surface area contributed by atoms with Crippen LogP contribution in [0.5, 0.6) is 0 Å². The van der Waals surface area contributed by atoms with Crippen LogP contribution >= 0.6 is 0 Å². The van der Waals surface area contributed by atoms with Crippen molar-refractivity contribution in [2.24, 2.45) is 11.3 Å². The molecule has 1 N–H and O–H groups in total. The fourth-order valence-corrected chi connectivity index (χ4v) is 2.83. The third-order valence-electron chi connectivity index (χ3n) is 4.22. The quantitative estimate of drug-likeness (QED) is 0.836. The van der Waals surface area contributed by atoms with Gasteiger partial charge in [-0.3, -0.25) is 4.90 Å². The highest BCUT2D eigenvalue weighted by atomic mass is 19.3. The fraction of sp³-hybridized carbons (Fsp3) is 0.727. The van der Waals surface area contributed by atoms with Crippen molar-refractivity contribution in [1.82, 2.24) is 14.9 Å². The summed E-state index contributed by atoms with van der Waals surface area (Å²) in [6.07, 6.45) is 3.97. The molecule has 0 radical (unpaired) electrons. The van der Waals surface area contributed by atoms with Crippen LogP contribution in [0.15, 0.2) is 12.5 Å². The number of nitrogens with one attached hydrogen (secondary N) is 1. The number of rotatable bonds is 2. The van der Waals surface area contributed by atoms with Crippen LogP contribution in [0.3, 0.4) is 0 Å². The highest BCUT2D eigenvalue weighted by Gasteiger charge is 2.78. The third-order valence-corrected chi connectivity index (χ3v) is 4.22. The van der Waals surface area contributed by atoms with Crippen molar-refractivity contribution in [3.05, 3.63) is 18.2 Å². The number of H-pyrrole nitrogens is 1. The maximum Gasteiger partial charge on any atom is 0.258 e. The number of alkyl halides is 2. The molecule has 2 unspecified atom stereocenters. The summed E-state index contributed by atoms with van der Waals surface area (Å²) < 4.78 is 27.0. The molecule has 3 nitrogen and oxygen atoms in total. The van der Waals surface area contributed by atoms with E-state index in [1.54, 1.807) is 19.4 Å². The second-order valence-corrected chi connectivity index (χ2v) is 5.15. The number of hydrogen-bond donors (Lipinski definition) is 1. The van der Waals surface area contributed by atoms with Gasteiger partial charge in [0.2, 0.25) is 0 Å². The van der Waals surface area contributed by atoms with E-state index in [9.17, 15) is 8.78 Å². The van der Waals surface area contributed by atoms with Crippen LogP contribution in [0.25, 0.3) is 0 Å². The maximum atomic E-state index is 13.5. The van der Waals surface area contributed by atoms with Crippen molar-refractivity contribution < 1.29 is 8.78 Å². The van der Waals surface area contributed by atoms with Crippen LogP contribution < -0.4 is 0 Å². The number of nitrogens with zero attached hydrogens (tertiary/aromatic N) is 2. The van der Waals surface area contributed by atoms with Crippen LogP contribution in [0.1, 0.15) is 19.0 Å². The van der Waals surface area contributed by atoms with Crippen molar-refractivity contribution in [2.75, 3.05) is 13.1 Å². The van der Waals surface area contributed by atoms with Gasteiger partial charge >= 0.3 is 0 Å². The van der Waals surface area contributed by atoms with E-state index >= 15 is 0 Å². The normalized spacial score (nSPS) is 37.1. The highest BCUT2D eigenvalue weighted by molar-refractivity contribution is 5.18. The molecule has 88 valence electrons. The molecule has 1 aliphatic heterocycles. The van der Waals surface area contributed by atoms with Crippen LogP contribution in [0.2, 0.25) is 0 Å². The first-order chi connectivity index (χ1) is 7.54. The Morgan fingerprint density at radius 2 is 2.44 bits per heavy atom. The predicted octanol–water partition coefficient (Wildman–Crippen LogP) is 1.89. The van der Waals surface area contributed by atoms with E-state index in [2.05, 4.69) is 14.9 Å². The van der Waals surface area contributed by atoms with Crippen molar-refractivity contribution in [3.8, 4) is 0 Å². The zero-order valence-corrected chi connectivity index (χ0v) is 9.21. The van der Waals surface area contributed by atoms with Crippen molar-refractivity contribution in [3.63, 3.8) is 0 Å². The van der Waals surface area contributed by atoms with Gasteiger partial charge in [0.1, 0.15) is 0 Å². The Morgan fingerprint density at radius 1 is 1.62 bits per heavy atom. The summed E-state index contributed by atoms with van der Waals surface area (Å²) in [6.45, 7) is 3.66. The molecule has 2 fully saturated rings. The standard InChI is InChI=1S/C11H15F2N3/c1-10-2-3-16(5-8-4-14-7-15-8)6-9(10)11(10,12)13/h4,7,9H,2-3,5-6H2,1H3,(H,14,15). The van der Waals surface area contributed by atoms with Crippen molar-refractivity contribution >= 4 is 0 Å². The molecule has 0 bridgehead atoms. The molecule has 2 aliphatic rings. The van der Waals surface area contributed by atoms with E-state index in [-0.39, 0.29) is 0 Å². The first-order valence-electron chi connectivity index (χ1n) is 5.61. The summed E-state index contributed by atoms with van der Waals surface area (Å²) in [4.78, 5) is 9.02. The minimum Gasteiger partial charge on any atom is -0.347 e. The van der Waals surface area contributed by atoms with E-state index in [0.29, 0.717) is 19.5 Å². The van der Waals surface area contributed by atoms with Gasteiger partial charge in [-0.15, -0.1) is 0 Å². The number of likely N-dealkylation sites (tertiary alicyclic amines) is 1. The fourth-order valence-electron chi connectivity index (χ4n) is 2.83. The Bertz CT molecular complexity index is 390. The van der Waals surface area contributed by atoms with E-state index in [4.69, 9.17) is 0 Å². The molecule has 16 heavy (non-hydrogen) atoms. The molecule has 0 aromatic carbocycles. The van der Waals surface area contributed by atoms with Crippen molar-refractivity contribution in [2.45, 2.75) is 25.8 Å². The summed E-state index contributed by atoms with van der Waals surface area (Å²) in [5.41, 5.74) is 0.268. The van der Waals surface area contributed by atoms with Crippen LogP contribution in [-0.4, -0.2) is 33.9 Å². The summed E-state index contributed by atoms with van der Waals surface area (Å²) in [5, 5.41) is 0. The molecule has 2 heterocycles. The van der Waals surface area contributed by atoms with Crippen LogP contribution in [-0.2, 0) is 6.54 Å². The second kappa shape index (κ2) is 3.03. The number of aromatic nitrogens is 2. The number of halogens is 2. The number of aromatic amines is 1. The Hall–Kier alpha value is -0.970. The van der Waals surface area contributed by atoms with Gasteiger partial charge < -0.3 is 4.98 Å². The van der Waals surface area contributed by atoms with Gasteiger partial charge in [0.15, 0.2) is 0 Å². The van der Waals surface area contributed by atoms with Crippen LogP contribution in [0, 0.1) is 11.3 Å². The number of piperidine rings is 1. The molecule has 1 saturated carbocycles. The van der Waals surface area contributed by atoms with E-state index in [1.165, 1.54) is 0 Å². The molecule has 1 aliphatic carbocycles. The SMILES string of the molecule is CC12CCN(Cc3cnc[nH]3)CC1C2(F)F. The summed E-state index contributed by atoms with van der Waals surface area (Å²) in [6, 6.07) is 0. The summed E-state index contributed by atoms with van der Waals surface area (Å²) in [7, 11) is 0. The average Bonchev–Trinajstić information content (AvgIpc) is 2.63. The Morgan fingerprint density at radius 3 is 3.06 bits per heavy atom. The van der Waals surface area contributed by atoms with Gasteiger partial charge in [-0.2, -0.15) is 0 Å². The largest absolute Gasteiger partial charge is 0.347 e. The lowest BCUT2D eigenvalue weighted by molar-refractivity contribution is 0.0636. The molecule has 1 aromatic rings. The minimum atomic E-state index is -2.45. The van der Waals surface area contributed by atoms with Gasteiger partial charge in [-0.05, 0) is 13.0 Å². The smallest absolute Gasteiger partial charge is 0.258 e. The first kappa shape index (κ1) is 10.2. The number of fused-ring (bicyclic) bond motifs is 1. The van der Waals surface area contributed by atoms with Gasteiger partial charge in [0.25, 0.3) is 5.92 Å². The molecular weight excluding hydrogens is 212 g/mol. The maximum absolute atomic E-state index is 13.5. The van der Waals surface area contributed by atoms with E-state index < -0.39 is 17.3 Å². The molecule has 5 heteroatoms. The van der Waals surface area contributed by atoms with Gasteiger partial charge in [0, 0.05) is 36.3 Å². The monoisotopic (exact) mass is 227 g/mol. The molecule has 0 amide bonds. The second-order valence-electron chi connectivity index (χ2n) is 5.15. The zero-order chi connectivity index (χ0) is 11.4. The molecule has 3 rings (SSSR count). The average molecular weight is 227 g/mol. The molecule has 1 aromatic heterocycles. The lowest BCUT2D eigenvalue weighted by atomic mass is 9.97. The van der Waals surface area contributed by atoms with E-state index in [0.717, 1.165) is 12.2 Å². The summed E-state index contributed by atoms with van der Waals surface area (Å²) in [5.74, 6) is -2.90. The van der Waals surface area contributed by atoms with Crippen LogP contribution in [0.4, 0.5) is 8.78 Å². The number of imidazole rings is 1. The van der Waals surface area contributed by atoms with E-state index in [1.807, 2.05) is 0 Å². The topological polar surface area (TPSA) is 31.9 Å². The molecule has 0 spiro atoms. The minimum absolute atomic E-state index is 0.448. The first-order valence-corrected chi connectivity index (χ1v) is 5.61. The summed E-state index contributed by atoms with van der Waals surface area (Å²) >= 11 is 0. The van der Waals surface area contributed by atoms with Crippen molar-refractivity contribution in [1.29, 1.82) is 0 Å². The number of hydrogen-bond acceptors (Lipinski definition) is 2. The zero-order valence-electron chi connectivity index (χ0n) is 9.21. The Labute approximate surface area is 92.9 Å². The third kappa shape index (κ3) is 1.24.